The molecule has 15 heavy (non-hydrogen) atoms. The zero-order valence-corrected chi connectivity index (χ0v) is 9.34. The number of carbonyl (C=O) groups excluding carboxylic acids is 1. The minimum Gasteiger partial charge on any atom is -0.295 e. The Morgan fingerprint density at radius 3 is 2.67 bits per heavy atom. The Bertz CT molecular complexity index is 404. The van der Waals surface area contributed by atoms with E-state index >= 15 is 0 Å². The third kappa shape index (κ3) is 2.79. The Hall–Kier alpha value is -1.36. The molecule has 80 valence electrons. The summed E-state index contributed by atoms with van der Waals surface area (Å²) in [6.45, 7) is 3.32. The van der Waals surface area contributed by atoms with Crippen molar-refractivity contribution in [3.63, 3.8) is 0 Å². The molecule has 5 heteroatoms. The second-order valence-corrected chi connectivity index (χ2v) is 4.23. The predicted molar refractivity (Wildman–Crippen MR) is 59.5 cm³/mol. The van der Waals surface area contributed by atoms with Crippen molar-refractivity contribution in [2.75, 3.05) is 5.75 Å². The lowest BCUT2D eigenvalue weighted by molar-refractivity contribution is -0.387. The van der Waals surface area contributed by atoms with Crippen LogP contribution in [0.15, 0.2) is 23.1 Å². The van der Waals surface area contributed by atoms with Gasteiger partial charge in [0.1, 0.15) is 0 Å². The number of hydrogen-bond donors (Lipinski definition) is 0. The van der Waals surface area contributed by atoms with Crippen molar-refractivity contribution < 1.29 is 9.72 Å². The average Bonchev–Trinajstić information content (AvgIpc) is 2.18. The van der Waals surface area contributed by atoms with Gasteiger partial charge in [-0.3, -0.25) is 14.9 Å². The van der Waals surface area contributed by atoms with Crippen LogP contribution in [0.25, 0.3) is 0 Å². The number of thioether (sulfide) groups is 1. The van der Waals surface area contributed by atoms with E-state index in [4.69, 9.17) is 0 Å². The first-order valence-corrected chi connectivity index (χ1v) is 5.47. The second kappa shape index (κ2) is 4.93. The normalized spacial score (nSPS) is 10.0. The number of ketones is 1. The van der Waals surface area contributed by atoms with Crippen molar-refractivity contribution in [2.45, 2.75) is 18.7 Å². The van der Waals surface area contributed by atoms with Crippen LogP contribution in [-0.4, -0.2) is 16.5 Å². The molecule has 0 aliphatic carbocycles. The molecule has 0 atom stereocenters. The van der Waals surface area contributed by atoms with Gasteiger partial charge >= 0.3 is 0 Å². The Morgan fingerprint density at radius 2 is 2.20 bits per heavy atom. The van der Waals surface area contributed by atoms with Crippen LogP contribution in [0.2, 0.25) is 0 Å². The molecule has 0 saturated carbocycles. The predicted octanol–water partition coefficient (Wildman–Crippen LogP) is 2.91. The van der Waals surface area contributed by atoms with E-state index in [0.717, 1.165) is 5.75 Å². The van der Waals surface area contributed by atoms with Crippen LogP contribution in [0.4, 0.5) is 5.69 Å². The van der Waals surface area contributed by atoms with Crippen molar-refractivity contribution in [1.82, 2.24) is 0 Å². The van der Waals surface area contributed by atoms with Gasteiger partial charge in [0.25, 0.3) is 5.69 Å². The van der Waals surface area contributed by atoms with Gasteiger partial charge in [-0.2, -0.15) is 0 Å². The Morgan fingerprint density at radius 1 is 1.53 bits per heavy atom. The van der Waals surface area contributed by atoms with E-state index in [1.165, 1.54) is 24.8 Å². The number of benzene rings is 1. The number of hydrogen-bond acceptors (Lipinski definition) is 4. The highest BCUT2D eigenvalue weighted by Gasteiger charge is 2.15. The molecule has 0 unspecified atom stereocenters. The van der Waals surface area contributed by atoms with Gasteiger partial charge in [0.05, 0.1) is 9.82 Å². The molecule has 0 heterocycles. The SMILES string of the molecule is CCSc1ccc(C(C)=O)cc1[N+](=O)[O-]. The fourth-order valence-corrected chi connectivity index (χ4v) is 1.91. The van der Waals surface area contributed by atoms with Crippen LogP contribution in [0, 0.1) is 10.1 Å². The highest BCUT2D eigenvalue weighted by Crippen LogP contribution is 2.29. The van der Waals surface area contributed by atoms with Crippen LogP contribution < -0.4 is 0 Å². The first-order valence-electron chi connectivity index (χ1n) is 4.48. The molecule has 0 N–H and O–H groups in total. The van der Waals surface area contributed by atoms with Crippen LogP contribution in [0.3, 0.4) is 0 Å². The van der Waals surface area contributed by atoms with Gasteiger partial charge < -0.3 is 0 Å². The summed E-state index contributed by atoms with van der Waals surface area (Å²) in [5.41, 5.74) is 0.386. The lowest BCUT2D eigenvalue weighted by Crippen LogP contribution is -1.97. The summed E-state index contributed by atoms with van der Waals surface area (Å²) in [6.07, 6.45) is 0. The fourth-order valence-electron chi connectivity index (χ4n) is 1.16. The third-order valence-electron chi connectivity index (χ3n) is 1.86. The highest BCUT2D eigenvalue weighted by atomic mass is 32.2. The molecule has 0 fully saturated rings. The highest BCUT2D eigenvalue weighted by molar-refractivity contribution is 7.99. The maximum atomic E-state index is 11.1. The van der Waals surface area contributed by atoms with Crippen LogP contribution in [0.5, 0.6) is 0 Å². The minimum absolute atomic E-state index is 0.00884. The number of nitro groups is 1. The summed E-state index contributed by atoms with van der Waals surface area (Å²) >= 11 is 1.40. The van der Waals surface area contributed by atoms with Gasteiger partial charge in [-0.15, -0.1) is 11.8 Å². The topological polar surface area (TPSA) is 60.2 Å². The molecule has 1 aromatic rings. The zero-order chi connectivity index (χ0) is 11.4. The zero-order valence-electron chi connectivity index (χ0n) is 8.52. The maximum absolute atomic E-state index is 11.1. The number of nitrogens with zero attached hydrogens (tertiary/aromatic N) is 1. The number of Topliss-reactive ketones (excluding diaryl/α,β-unsaturated/α-hetero) is 1. The van der Waals surface area contributed by atoms with Crippen LogP contribution in [0.1, 0.15) is 24.2 Å². The second-order valence-electron chi connectivity index (χ2n) is 2.93. The van der Waals surface area contributed by atoms with Crippen molar-refractivity contribution in [3.05, 3.63) is 33.9 Å². The summed E-state index contributed by atoms with van der Waals surface area (Å²) in [5, 5.41) is 10.8. The molecule has 1 rings (SSSR count). The minimum atomic E-state index is -0.454. The molecule has 0 aromatic heterocycles. The molecule has 0 aliphatic rings. The molecule has 0 saturated heterocycles. The lowest BCUT2D eigenvalue weighted by Gasteiger charge is -2.02. The monoisotopic (exact) mass is 225 g/mol. The van der Waals surface area contributed by atoms with E-state index in [1.807, 2.05) is 6.92 Å². The molecule has 0 spiro atoms. The molecule has 0 aliphatic heterocycles. The molecule has 4 nitrogen and oxygen atoms in total. The quantitative estimate of drug-likeness (QED) is 0.342. The third-order valence-corrected chi connectivity index (χ3v) is 2.81. The van der Waals surface area contributed by atoms with Crippen LogP contribution >= 0.6 is 11.8 Å². The largest absolute Gasteiger partial charge is 0.295 e. The summed E-state index contributed by atoms with van der Waals surface area (Å²) in [5.74, 6) is 0.603. The van der Waals surface area contributed by atoms with Crippen LogP contribution in [-0.2, 0) is 0 Å². The first kappa shape index (κ1) is 11.7. The Balaban J connectivity index is 3.20. The van der Waals surface area contributed by atoms with E-state index in [1.54, 1.807) is 12.1 Å². The number of nitro benzene ring substituents is 1. The van der Waals surface area contributed by atoms with Gasteiger partial charge in [-0.1, -0.05) is 6.92 Å². The molecular formula is C10H11NO3S. The van der Waals surface area contributed by atoms with E-state index < -0.39 is 4.92 Å². The van der Waals surface area contributed by atoms with Gasteiger partial charge in [0, 0.05) is 11.6 Å². The molecule has 0 radical (unpaired) electrons. The van der Waals surface area contributed by atoms with E-state index in [-0.39, 0.29) is 11.5 Å². The molecular weight excluding hydrogens is 214 g/mol. The van der Waals surface area contributed by atoms with E-state index in [9.17, 15) is 14.9 Å². The number of rotatable bonds is 4. The van der Waals surface area contributed by atoms with E-state index in [0.29, 0.717) is 10.5 Å². The molecule has 1 aromatic carbocycles. The van der Waals surface area contributed by atoms with Gasteiger partial charge in [0.2, 0.25) is 0 Å². The van der Waals surface area contributed by atoms with Crippen molar-refractivity contribution in [3.8, 4) is 0 Å². The summed E-state index contributed by atoms with van der Waals surface area (Å²) in [7, 11) is 0. The molecule has 0 bridgehead atoms. The standard InChI is InChI=1S/C10H11NO3S/c1-3-15-10-5-4-8(7(2)12)6-9(10)11(13)14/h4-6H,3H2,1-2H3. The average molecular weight is 225 g/mol. The number of carbonyl (C=O) groups is 1. The van der Waals surface area contributed by atoms with Gasteiger partial charge in [0.15, 0.2) is 5.78 Å². The van der Waals surface area contributed by atoms with Gasteiger partial charge in [-0.05, 0) is 24.8 Å². The molecule has 0 amide bonds. The summed E-state index contributed by atoms with van der Waals surface area (Å²) in [6, 6.07) is 4.58. The Labute approximate surface area is 91.8 Å². The lowest BCUT2D eigenvalue weighted by atomic mass is 10.1. The smallest absolute Gasteiger partial charge is 0.283 e. The van der Waals surface area contributed by atoms with Gasteiger partial charge in [-0.25, -0.2) is 0 Å². The fraction of sp³-hybridized carbons (Fsp3) is 0.300. The van der Waals surface area contributed by atoms with E-state index in [2.05, 4.69) is 0 Å². The summed E-state index contributed by atoms with van der Waals surface area (Å²) < 4.78 is 0. The van der Waals surface area contributed by atoms with Crippen molar-refractivity contribution in [2.24, 2.45) is 0 Å². The summed E-state index contributed by atoms with van der Waals surface area (Å²) in [4.78, 5) is 22.0. The van der Waals surface area contributed by atoms with Crippen molar-refractivity contribution >= 4 is 23.2 Å². The first-order chi connectivity index (χ1) is 7.06. The van der Waals surface area contributed by atoms with Crippen molar-refractivity contribution in [1.29, 1.82) is 0 Å². The Kier molecular flexibility index (Phi) is 3.85. The maximum Gasteiger partial charge on any atom is 0.283 e.